The van der Waals surface area contributed by atoms with Gasteiger partial charge in [0.05, 0.1) is 23.2 Å². The fraction of sp³-hybridized carbons (Fsp3) is 0.214. The predicted molar refractivity (Wildman–Crippen MR) is 82.8 cm³/mol. The first-order valence-corrected chi connectivity index (χ1v) is 6.90. The molecule has 8 heteroatoms. The van der Waals surface area contributed by atoms with Crippen LogP contribution >= 0.6 is 0 Å². The molecule has 3 rings (SSSR count). The minimum Gasteiger partial charge on any atom is -0.494 e. The lowest BCUT2D eigenvalue weighted by atomic mass is 10.1. The number of nitrogens with one attached hydrogen (secondary N) is 3. The topological polar surface area (TPSA) is 122 Å². The second-order valence-electron chi connectivity index (χ2n) is 4.73. The van der Waals surface area contributed by atoms with E-state index in [2.05, 4.69) is 25.3 Å². The Kier molecular flexibility index (Phi) is 3.65. The van der Waals surface area contributed by atoms with Gasteiger partial charge in [-0.25, -0.2) is 9.97 Å². The number of hydrogen-bond donors (Lipinski definition) is 4. The molecule has 0 aliphatic carbocycles. The Morgan fingerprint density at radius 2 is 2.32 bits per heavy atom. The Labute approximate surface area is 126 Å². The van der Waals surface area contributed by atoms with Crippen LogP contribution in [-0.2, 0) is 0 Å². The molecule has 5 N–H and O–H groups in total. The van der Waals surface area contributed by atoms with Crippen molar-refractivity contribution in [2.75, 3.05) is 17.7 Å². The van der Waals surface area contributed by atoms with Crippen LogP contribution in [0.3, 0.4) is 0 Å². The standard InChI is InChI=1S/C14H16N6O2/c1-2-5-22-8-6-9(11-10(7-8)18-13(15)19-11)12(21)20-14-16-3-4-17-14/h3-4,6-7H,2,5H2,1H3,(H3,15,18,19)(H2,16,17,20,21). The molecular formula is C14H16N6O2. The Hall–Kier alpha value is -3.03. The molecule has 2 heterocycles. The number of aromatic amines is 2. The van der Waals surface area contributed by atoms with Gasteiger partial charge in [0.1, 0.15) is 5.75 Å². The quantitative estimate of drug-likeness (QED) is 0.573. The van der Waals surface area contributed by atoms with E-state index in [1.54, 1.807) is 24.5 Å². The van der Waals surface area contributed by atoms with E-state index in [4.69, 9.17) is 10.5 Å². The molecule has 0 saturated heterocycles. The number of H-pyrrole nitrogens is 2. The molecule has 0 spiro atoms. The number of nitrogen functional groups attached to an aromatic ring is 1. The van der Waals surface area contributed by atoms with Gasteiger partial charge in [0.25, 0.3) is 5.91 Å². The zero-order valence-electron chi connectivity index (χ0n) is 12.0. The maximum atomic E-state index is 12.4. The number of nitrogens with two attached hydrogens (primary N) is 1. The Morgan fingerprint density at radius 1 is 1.45 bits per heavy atom. The van der Waals surface area contributed by atoms with Crippen LogP contribution in [0.15, 0.2) is 24.5 Å². The summed E-state index contributed by atoms with van der Waals surface area (Å²) in [5, 5.41) is 2.67. The SMILES string of the molecule is CCCOc1cc(C(=O)Nc2ncc[nH]2)c2[nH]c(N)nc2c1. The lowest BCUT2D eigenvalue weighted by Gasteiger charge is -2.08. The van der Waals surface area contributed by atoms with E-state index in [1.807, 2.05) is 6.92 Å². The van der Waals surface area contributed by atoms with Gasteiger partial charge in [0.15, 0.2) is 5.95 Å². The Bertz CT molecular complexity index is 793. The van der Waals surface area contributed by atoms with E-state index in [9.17, 15) is 4.79 Å². The highest BCUT2D eigenvalue weighted by Gasteiger charge is 2.16. The van der Waals surface area contributed by atoms with E-state index in [-0.39, 0.29) is 11.9 Å². The van der Waals surface area contributed by atoms with E-state index in [0.29, 0.717) is 34.9 Å². The average Bonchev–Trinajstić information content (AvgIpc) is 3.12. The van der Waals surface area contributed by atoms with Gasteiger partial charge < -0.3 is 20.4 Å². The number of imidazole rings is 2. The summed E-state index contributed by atoms with van der Waals surface area (Å²) in [6.07, 6.45) is 4.05. The van der Waals surface area contributed by atoms with Gasteiger partial charge in [-0.1, -0.05) is 6.92 Å². The smallest absolute Gasteiger partial charge is 0.260 e. The van der Waals surface area contributed by atoms with E-state index >= 15 is 0 Å². The Balaban J connectivity index is 1.99. The van der Waals surface area contributed by atoms with Gasteiger partial charge in [-0.05, 0) is 12.5 Å². The number of carbonyl (C=O) groups is 1. The number of anilines is 2. The number of ether oxygens (including phenoxy) is 1. The number of fused-ring (bicyclic) bond motifs is 1. The fourth-order valence-corrected chi connectivity index (χ4v) is 2.10. The molecule has 2 aromatic heterocycles. The molecule has 0 saturated carbocycles. The van der Waals surface area contributed by atoms with Gasteiger partial charge in [0, 0.05) is 18.5 Å². The highest BCUT2D eigenvalue weighted by Crippen LogP contribution is 2.25. The van der Waals surface area contributed by atoms with Crippen LogP contribution in [0.2, 0.25) is 0 Å². The number of rotatable bonds is 5. The predicted octanol–water partition coefficient (Wildman–Crippen LogP) is 1.91. The van der Waals surface area contributed by atoms with Crippen molar-refractivity contribution in [3.8, 4) is 5.75 Å². The summed E-state index contributed by atoms with van der Waals surface area (Å²) < 4.78 is 5.60. The maximum absolute atomic E-state index is 12.4. The largest absolute Gasteiger partial charge is 0.494 e. The zero-order chi connectivity index (χ0) is 15.5. The van der Waals surface area contributed by atoms with Gasteiger partial charge in [0.2, 0.25) is 5.95 Å². The average molecular weight is 300 g/mol. The van der Waals surface area contributed by atoms with Gasteiger partial charge in [-0.15, -0.1) is 0 Å². The molecule has 1 amide bonds. The summed E-state index contributed by atoms with van der Waals surface area (Å²) >= 11 is 0. The Morgan fingerprint density at radius 3 is 3.05 bits per heavy atom. The number of benzene rings is 1. The molecule has 0 aliphatic rings. The summed E-state index contributed by atoms with van der Waals surface area (Å²) in [4.78, 5) is 26.3. The molecule has 8 nitrogen and oxygen atoms in total. The van der Waals surface area contributed by atoms with Crippen LogP contribution in [0.1, 0.15) is 23.7 Å². The lowest BCUT2D eigenvalue weighted by Crippen LogP contribution is -2.14. The summed E-state index contributed by atoms with van der Waals surface area (Å²) in [7, 11) is 0. The summed E-state index contributed by atoms with van der Waals surface area (Å²) in [5.41, 5.74) is 7.22. The third kappa shape index (κ3) is 2.71. The van der Waals surface area contributed by atoms with Crippen LogP contribution in [0.4, 0.5) is 11.9 Å². The van der Waals surface area contributed by atoms with Crippen molar-refractivity contribution in [2.45, 2.75) is 13.3 Å². The highest BCUT2D eigenvalue weighted by molar-refractivity contribution is 6.11. The first-order valence-electron chi connectivity index (χ1n) is 6.90. The van der Waals surface area contributed by atoms with Crippen molar-refractivity contribution in [1.82, 2.24) is 19.9 Å². The van der Waals surface area contributed by atoms with Crippen molar-refractivity contribution >= 4 is 28.8 Å². The zero-order valence-corrected chi connectivity index (χ0v) is 12.0. The number of hydrogen-bond acceptors (Lipinski definition) is 5. The fourth-order valence-electron chi connectivity index (χ4n) is 2.10. The molecule has 3 aromatic rings. The monoisotopic (exact) mass is 300 g/mol. The van der Waals surface area contributed by atoms with Crippen molar-refractivity contribution in [3.63, 3.8) is 0 Å². The summed E-state index contributed by atoms with van der Waals surface area (Å²) in [6.45, 7) is 2.57. The first-order chi connectivity index (χ1) is 10.7. The highest BCUT2D eigenvalue weighted by atomic mass is 16.5. The normalized spacial score (nSPS) is 10.8. The molecule has 0 aliphatic heterocycles. The molecule has 0 atom stereocenters. The van der Waals surface area contributed by atoms with Crippen LogP contribution in [0.5, 0.6) is 5.75 Å². The third-order valence-corrected chi connectivity index (χ3v) is 3.03. The number of nitrogens with zero attached hydrogens (tertiary/aromatic N) is 2. The van der Waals surface area contributed by atoms with Crippen LogP contribution in [-0.4, -0.2) is 32.4 Å². The lowest BCUT2D eigenvalue weighted by molar-refractivity contribution is 0.102. The molecule has 114 valence electrons. The van der Waals surface area contributed by atoms with E-state index in [0.717, 1.165) is 6.42 Å². The number of aromatic nitrogens is 4. The van der Waals surface area contributed by atoms with Crippen molar-refractivity contribution in [3.05, 3.63) is 30.1 Å². The molecular weight excluding hydrogens is 284 g/mol. The second kappa shape index (κ2) is 5.76. The summed E-state index contributed by atoms with van der Waals surface area (Å²) in [5.74, 6) is 0.858. The van der Waals surface area contributed by atoms with Gasteiger partial charge in [-0.3, -0.25) is 10.1 Å². The van der Waals surface area contributed by atoms with E-state index in [1.165, 1.54) is 0 Å². The van der Waals surface area contributed by atoms with Crippen molar-refractivity contribution in [2.24, 2.45) is 0 Å². The second-order valence-corrected chi connectivity index (χ2v) is 4.73. The number of carbonyl (C=O) groups excluding carboxylic acids is 1. The minimum absolute atomic E-state index is 0.245. The van der Waals surface area contributed by atoms with E-state index < -0.39 is 0 Å². The first kappa shape index (κ1) is 13.9. The van der Waals surface area contributed by atoms with Crippen LogP contribution in [0.25, 0.3) is 11.0 Å². The number of amides is 1. The van der Waals surface area contributed by atoms with Crippen molar-refractivity contribution in [1.29, 1.82) is 0 Å². The summed E-state index contributed by atoms with van der Waals surface area (Å²) in [6, 6.07) is 3.41. The maximum Gasteiger partial charge on any atom is 0.260 e. The van der Waals surface area contributed by atoms with Crippen molar-refractivity contribution < 1.29 is 9.53 Å². The molecule has 0 radical (unpaired) electrons. The third-order valence-electron chi connectivity index (χ3n) is 3.03. The van der Waals surface area contributed by atoms with Gasteiger partial charge >= 0.3 is 0 Å². The molecule has 0 bridgehead atoms. The molecule has 0 fully saturated rings. The van der Waals surface area contributed by atoms with Crippen LogP contribution < -0.4 is 15.8 Å². The van der Waals surface area contributed by atoms with Gasteiger partial charge in [-0.2, -0.15) is 0 Å². The minimum atomic E-state index is -0.328. The van der Waals surface area contributed by atoms with Crippen LogP contribution in [0, 0.1) is 0 Å². The molecule has 22 heavy (non-hydrogen) atoms. The molecule has 1 aromatic carbocycles. The molecule has 0 unspecified atom stereocenters.